The molecule has 0 saturated carbocycles. The molecule has 0 atom stereocenters. The predicted octanol–water partition coefficient (Wildman–Crippen LogP) is 4.34. The van der Waals surface area contributed by atoms with E-state index in [1.165, 1.54) is 24.3 Å². The fraction of sp³-hybridized carbons (Fsp3) is 0.261. The number of aryl methyl sites for hydroxylation is 2. The monoisotopic (exact) mass is 461 g/mol. The standard InChI is InChI=1S/C23H22F3N3O4/c1-14-20(15(2)33-29-14)12-32-19-9-3-16(4-10-19)11-21(30)28-18-7-5-17(6-8-18)22(31)27-13-23(24,25)26/h3-10H,11-13H2,1-2H3,(H,27,31)(H,28,30). The van der Waals surface area contributed by atoms with Crippen LogP contribution in [0.3, 0.4) is 0 Å². The average molecular weight is 461 g/mol. The summed E-state index contributed by atoms with van der Waals surface area (Å²) in [5, 5.41) is 8.35. The Hall–Kier alpha value is -3.82. The van der Waals surface area contributed by atoms with Crippen LogP contribution in [0.15, 0.2) is 53.1 Å². The zero-order chi connectivity index (χ0) is 24.0. The van der Waals surface area contributed by atoms with Gasteiger partial charge < -0.3 is 19.9 Å². The van der Waals surface area contributed by atoms with Crippen molar-refractivity contribution in [1.29, 1.82) is 0 Å². The van der Waals surface area contributed by atoms with Gasteiger partial charge in [0.05, 0.1) is 17.7 Å². The van der Waals surface area contributed by atoms with Crippen LogP contribution in [0.25, 0.3) is 0 Å². The number of amides is 2. The topological polar surface area (TPSA) is 93.5 Å². The third-order valence-electron chi connectivity index (χ3n) is 4.73. The number of anilines is 1. The highest BCUT2D eigenvalue weighted by Gasteiger charge is 2.27. The Morgan fingerprint density at radius 1 is 1.03 bits per heavy atom. The van der Waals surface area contributed by atoms with Gasteiger partial charge in [0.15, 0.2) is 0 Å². The summed E-state index contributed by atoms with van der Waals surface area (Å²) < 4.78 is 47.4. The van der Waals surface area contributed by atoms with Crippen LogP contribution < -0.4 is 15.4 Å². The minimum Gasteiger partial charge on any atom is -0.489 e. The molecule has 0 aliphatic carbocycles. The van der Waals surface area contributed by atoms with Crippen LogP contribution >= 0.6 is 0 Å². The van der Waals surface area contributed by atoms with Crippen LogP contribution in [0.1, 0.15) is 32.9 Å². The summed E-state index contributed by atoms with van der Waals surface area (Å²) in [5.74, 6) is 0.213. The summed E-state index contributed by atoms with van der Waals surface area (Å²) in [6.07, 6.45) is -4.37. The van der Waals surface area contributed by atoms with Crippen molar-refractivity contribution in [3.63, 3.8) is 0 Å². The largest absolute Gasteiger partial charge is 0.489 e. The molecule has 174 valence electrons. The minimum absolute atomic E-state index is 0.0597. The Kier molecular flexibility index (Phi) is 7.37. The first-order valence-corrected chi connectivity index (χ1v) is 9.99. The molecule has 0 fully saturated rings. The molecule has 0 bridgehead atoms. The van der Waals surface area contributed by atoms with Gasteiger partial charge in [0, 0.05) is 11.3 Å². The molecule has 2 N–H and O–H groups in total. The molecule has 3 rings (SSSR count). The van der Waals surface area contributed by atoms with Crippen molar-refractivity contribution in [2.24, 2.45) is 0 Å². The number of rotatable bonds is 8. The molecule has 0 aliphatic rings. The maximum Gasteiger partial charge on any atom is 0.405 e. The van der Waals surface area contributed by atoms with E-state index in [-0.39, 0.29) is 17.9 Å². The number of hydrogen-bond acceptors (Lipinski definition) is 5. The number of carbonyl (C=O) groups is 2. The van der Waals surface area contributed by atoms with Crippen LogP contribution in [0.4, 0.5) is 18.9 Å². The first-order valence-electron chi connectivity index (χ1n) is 9.99. The van der Waals surface area contributed by atoms with Gasteiger partial charge >= 0.3 is 6.18 Å². The van der Waals surface area contributed by atoms with Crippen molar-refractivity contribution < 1.29 is 32.0 Å². The maximum atomic E-state index is 12.3. The third-order valence-corrected chi connectivity index (χ3v) is 4.73. The molecular weight excluding hydrogens is 439 g/mol. The Bertz CT molecular complexity index is 1090. The van der Waals surface area contributed by atoms with Crippen molar-refractivity contribution >= 4 is 17.5 Å². The number of halogens is 3. The predicted molar refractivity (Wildman–Crippen MR) is 114 cm³/mol. The van der Waals surface area contributed by atoms with Crippen LogP contribution in [-0.2, 0) is 17.8 Å². The molecule has 0 saturated heterocycles. The second-order valence-electron chi connectivity index (χ2n) is 7.34. The van der Waals surface area contributed by atoms with Crippen LogP contribution in [-0.4, -0.2) is 29.7 Å². The van der Waals surface area contributed by atoms with E-state index in [2.05, 4.69) is 10.5 Å². The van der Waals surface area contributed by atoms with E-state index >= 15 is 0 Å². The Labute approximate surface area is 187 Å². The lowest BCUT2D eigenvalue weighted by atomic mass is 10.1. The highest BCUT2D eigenvalue weighted by Crippen LogP contribution is 2.19. The molecular formula is C23H22F3N3O4. The van der Waals surface area contributed by atoms with E-state index < -0.39 is 18.6 Å². The van der Waals surface area contributed by atoms with Crippen LogP contribution in [0.2, 0.25) is 0 Å². The summed E-state index contributed by atoms with van der Waals surface area (Å²) in [6.45, 7) is 2.57. The Morgan fingerprint density at radius 3 is 2.27 bits per heavy atom. The number of ether oxygens (including phenoxy) is 1. The van der Waals surface area contributed by atoms with Gasteiger partial charge in [0.25, 0.3) is 5.91 Å². The van der Waals surface area contributed by atoms with Gasteiger partial charge in [-0.25, -0.2) is 0 Å². The molecule has 3 aromatic rings. The molecule has 1 heterocycles. The summed E-state index contributed by atoms with van der Waals surface area (Å²) in [4.78, 5) is 24.0. The first kappa shape index (κ1) is 23.8. The lowest BCUT2D eigenvalue weighted by molar-refractivity contribution is -0.123. The number of alkyl halides is 3. The quantitative estimate of drug-likeness (QED) is 0.521. The number of hydrogen-bond donors (Lipinski definition) is 2. The van der Waals surface area contributed by atoms with E-state index in [0.717, 1.165) is 16.8 Å². The summed E-state index contributed by atoms with van der Waals surface area (Å²) in [6, 6.07) is 12.6. The van der Waals surface area contributed by atoms with Crippen molar-refractivity contribution in [3.8, 4) is 5.75 Å². The van der Waals surface area contributed by atoms with Gasteiger partial charge in [-0.1, -0.05) is 17.3 Å². The SMILES string of the molecule is Cc1noc(C)c1COc1ccc(CC(=O)Nc2ccc(C(=O)NCC(F)(F)F)cc2)cc1. The normalized spacial score (nSPS) is 11.2. The molecule has 7 nitrogen and oxygen atoms in total. The molecule has 2 amide bonds. The number of nitrogens with zero attached hydrogens (tertiary/aromatic N) is 1. The van der Waals surface area contributed by atoms with E-state index in [4.69, 9.17) is 9.26 Å². The minimum atomic E-state index is -4.48. The number of benzene rings is 2. The molecule has 0 radical (unpaired) electrons. The van der Waals surface area contributed by atoms with Gasteiger partial charge in [-0.15, -0.1) is 0 Å². The van der Waals surface area contributed by atoms with Crippen LogP contribution in [0.5, 0.6) is 5.75 Å². The Balaban J connectivity index is 1.48. The van der Waals surface area contributed by atoms with Crippen molar-refractivity contribution in [1.82, 2.24) is 10.5 Å². The van der Waals surface area contributed by atoms with Crippen molar-refractivity contribution in [3.05, 3.63) is 76.7 Å². The summed E-state index contributed by atoms with van der Waals surface area (Å²) in [5.41, 5.74) is 2.91. The lowest BCUT2D eigenvalue weighted by Crippen LogP contribution is -2.33. The van der Waals surface area contributed by atoms with E-state index in [1.54, 1.807) is 29.6 Å². The summed E-state index contributed by atoms with van der Waals surface area (Å²) in [7, 11) is 0. The van der Waals surface area contributed by atoms with E-state index in [0.29, 0.717) is 23.8 Å². The van der Waals surface area contributed by atoms with Gasteiger partial charge in [0.1, 0.15) is 24.7 Å². The fourth-order valence-corrected chi connectivity index (χ4v) is 2.95. The molecule has 33 heavy (non-hydrogen) atoms. The fourth-order valence-electron chi connectivity index (χ4n) is 2.95. The highest BCUT2D eigenvalue weighted by molar-refractivity contribution is 5.96. The average Bonchev–Trinajstić information content (AvgIpc) is 3.09. The second kappa shape index (κ2) is 10.2. The smallest absolute Gasteiger partial charge is 0.405 e. The Morgan fingerprint density at radius 2 is 1.70 bits per heavy atom. The van der Waals surface area contributed by atoms with Gasteiger partial charge in [-0.2, -0.15) is 13.2 Å². The summed E-state index contributed by atoms with van der Waals surface area (Å²) >= 11 is 0. The molecule has 0 spiro atoms. The number of aromatic nitrogens is 1. The molecule has 0 aliphatic heterocycles. The zero-order valence-electron chi connectivity index (χ0n) is 18.0. The second-order valence-corrected chi connectivity index (χ2v) is 7.34. The van der Waals surface area contributed by atoms with E-state index in [9.17, 15) is 22.8 Å². The molecule has 2 aromatic carbocycles. The van der Waals surface area contributed by atoms with E-state index in [1.807, 2.05) is 13.8 Å². The third kappa shape index (κ3) is 7.09. The zero-order valence-corrected chi connectivity index (χ0v) is 18.0. The van der Waals surface area contributed by atoms with Gasteiger partial charge in [-0.3, -0.25) is 9.59 Å². The maximum absolute atomic E-state index is 12.3. The molecule has 1 aromatic heterocycles. The van der Waals surface area contributed by atoms with Gasteiger partial charge in [-0.05, 0) is 55.8 Å². The highest BCUT2D eigenvalue weighted by atomic mass is 19.4. The molecule has 0 unspecified atom stereocenters. The van der Waals surface area contributed by atoms with Crippen molar-refractivity contribution in [2.75, 3.05) is 11.9 Å². The number of carbonyl (C=O) groups excluding carboxylic acids is 2. The van der Waals surface area contributed by atoms with Crippen molar-refractivity contribution in [2.45, 2.75) is 33.1 Å². The number of nitrogens with one attached hydrogen (secondary N) is 2. The van der Waals surface area contributed by atoms with Gasteiger partial charge in [0.2, 0.25) is 5.91 Å². The lowest BCUT2D eigenvalue weighted by Gasteiger charge is -2.10. The van der Waals surface area contributed by atoms with Crippen LogP contribution in [0, 0.1) is 13.8 Å². The molecule has 10 heteroatoms. The first-order chi connectivity index (χ1) is 15.6.